The highest BCUT2D eigenvalue weighted by Crippen LogP contribution is 2.20. The number of nitrogens with two attached hydrogens (primary N) is 1. The van der Waals surface area contributed by atoms with E-state index in [1.54, 1.807) is 36.5 Å². The molecule has 2 aromatic rings. The van der Waals surface area contributed by atoms with Gasteiger partial charge in [-0.1, -0.05) is 22.0 Å². The molecule has 0 atom stereocenters. The van der Waals surface area contributed by atoms with Crippen molar-refractivity contribution >= 4 is 28.0 Å². The van der Waals surface area contributed by atoms with Crippen molar-refractivity contribution in [1.29, 1.82) is 0 Å². The fourth-order valence-electron chi connectivity index (χ4n) is 1.35. The summed E-state index contributed by atoms with van der Waals surface area (Å²) >= 11 is 3.31. The number of phenols is 1. The van der Waals surface area contributed by atoms with E-state index in [9.17, 15) is 5.11 Å². The minimum atomic E-state index is 0.124. The van der Waals surface area contributed by atoms with Gasteiger partial charge in [-0.05, 0) is 30.3 Å². The van der Waals surface area contributed by atoms with Crippen LogP contribution in [0.2, 0.25) is 0 Å². The van der Waals surface area contributed by atoms with E-state index in [1.807, 2.05) is 6.07 Å². The number of rotatable bonds is 3. The Labute approximate surface area is 118 Å². The van der Waals surface area contributed by atoms with Crippen molar-refractivity contribution in [3.63, 3.8) is 0 Å². The molecule has 0 amide bonds. The first-order chi connectivity index (χ1) is 9.16. The molecule has 0 saturated heterocycles. The highest BCUT2D eigenvalue weighted by Gasteiger charge is 1.99. The van der Waals surface area contributed by atoms with Gasteiger partial charge in [-0.15, -0.1) is 5.10 Å². The topological polar surface area (TPSA) is 83.9 Å². The summed E-state index contributed by atoms with van der Waals surface area (Å²) in [7, 11) is 0. The molecule has 0 spiro atoms. The maximum Gasteiger partial charge on any atom is 0.171 e. The van der Waals surface area contributed by atoms with Gasteiger partial charge in [0.15, 0.2) is 5.84 Å². The van der Waals surface area contributed by atoms with Gasteiger partial charge < -0.3 is 10.8 Å². The molecule has 6 heteroatoms. The average molecular weight is 319 g/mol. The van der Waals surface area contributed by atoms with Crippen LogP contribution in [-0.4, -0.2) is 22.1 Å². The number of phenolic OH excluding ortho intramolecular Hbond substituents is 1. The van der Waals surface area contributed by atoms with Crippen LogP contribution in [0.5, 0.6) is 5.75 Å². The number of aromatic nitrogens is 1. The third-order valence-electron chi connectivity index (χ3n) is 2.28. The Bertz CT molecular complexity index is 626. The third kappa shape index (κ3) is 3.62. The van der Waals surface area contributed by atoms with Gasteiger partial charge >= 0.3 is 0 Å². The van der Waals surface area contributed by atoms with Gasteiger partial charge in [-0.25, -0.2) is 0 Å². The molecule has 0 aliphatic carbocycles. The summed E-state index contributed by atoms with van der Waals surface area (Å²) in [6.45, 7) is 0. The lowest BCUT2D eigenvalue weighted by Crippen LogP contribution is -2.14. The van der Waals surface area contributed by atoms with Crippen LogP contribution in [0, 0.1) is 0 Å². The molecule has 5 nitrogen and oxygen atoms in total. The van der Waals surface area contributed by atoms with Crippen molar-refractivity contribution in [3.8, 4) is 5.75 Å². The summed E-state index contributed by atoms with van der Waals surface area (Å²) in [5.74, 6) is 0.338. The van der Waals surface area contributed by atoms with Crippen LogP contribution in [0.3, 0.4) is 0 Å². The van der Waals surface area contributed by atoms with Gasteiger partial charge in [0.2, 0.25) is 0 Å². The number of aromatic hydroxyl groups is 1. The van der Waals surface area contributed by atoms with E-state index < -0.39 is 0 Å². The Morgan fingerprint density at radius 2 is 2.16 bits per heavy atom. The van der Waals surface area contributed by atoms with Crippen LogP contribution >= 0.6 is 15.9 Å². The van der Waals surface area contributed by atoms with E-state index in [1.165, 1.54) is 6.21 Å². The van der Waals surface area contributed by atoms with Crippen molar-refractivity contribution in [2.75, 3.05) is 0 Å². The SMILES string of the molecule is N/C(=N\N=Cc1cc(Br)ccc1O)c1ccccn1. The summed E-state index contributed by atoms with van der Waals surface area (Å²) < 4.78 is 0.841. The highest BCUT2D eigenvalue weighted by molar-refractivity contribution is 9.10. The van der Waals surface area contributed by atoms with Crippen molar-refractivity contribution in [2.45, 2.75) is 0 Å². The summed E-state index contributed by atoms with van der Waals surface area (Å²) in [5, 5.41) is 17.3. The number of amidine groups is 1. The van der Waals surface area contributed by atoms with Crippen molar-refractivity contribution in [1.82, 2.24) is 4.98 Å². The molecule has 1 aromatic heterocycles. The zero-order valence-corrected chi connectivity index (χ0v) is 11.4. The zero-order valence-electron chi connectivity index (χ0n) is 9.86. The molecule has 0 radical (unpaired) electrons. The predicted molar refractivity (Wildman–Crippen MR) is 78.4 cm³/mol. The summed E-state index contributed by atoms with van der Waals surface area (Å²) in [6.07, 6.45) is 3.05. The number of halogens is 1. The second kappa shape index (κ2) is 6.10. The van der Waals surface area contributed by atoms with E-state index in [4.69, 9.17) is 5.73 Å². The minimum absolute atomic E-state index is 0.124. The van der Waals surface area contributed by atoms with Crippen molar-refractivity contribution in [2.24, 2.45) is 15.9 Å². The smallest absolute Gasteiger partial charge is 0.171 e. The fraction of sp³-hybridized carbons (Fsp3) is 0. The van der Waals surface area contributed by atoms with E-state index >= 15 is 0 Å². The number of hydrogen-bond donors (Lipinski definition) is 2. The molecular weight excluding hydrogens is 308 g/mol. The molecule has 1 aromatic carbocycles. The van der Waals surface area contributed by atoms with Crippen LogP contribution in [0.1, 0.15) is 11.3 Å². The van der Waals surface area contributed by atoms with Crippen LogP contribution in [0.15, 0.2) is 57.3 Å². The van der Waals surface area contributed by atoms with Gasteiger partial charge in [0, 0.05) is 16.2 Å². The number of benzene rings is 1. The molecule has 0 bridgehead atoms. The van der Waals surface area contributed by atoms with Crippen LogP contribution in [0.4, 0.5) is 0 Å². The predicted octanol–water partition coefficient (Wildman–Crippen LogP) is 2.29. The molecule has 96 valence electrons. The Kier molecular flexibility index (Phi) is 4.25. The molecule has 0 aliphatic heterocycles. The Balaban J connectivity index is 2.17. The minimum Gasteiger partial charge on any atom is -0.507 e. The molecule has 0 aliphatic rings. The molecule has 1 heterocycles. The van der Waals surface area contributed by atoms with E-state index in [2.05, 4.69) is 31.1 Å². The number of nitrogens with zero attached hydrogens (tertiary/aromatic N) is 3. The quantitative estimate of drug-likeness (QED) is 0.517. The van der Waals surface area contributed by atoms with Crippen molar-refractivity contribution in [3.05, 3.63) is 58.3 Å². The van der Waals surface area contributed by atoms with E-state index in [0.717, 1.165) is 4.47 Å². The molecule has 0 unspecified atom stereocenters. The highest BCUT2D eigenvalue weighted by atomic mass is 79.9. The van der Waals surface area contributed by atoms with Gasteiger partial charge in [0.1, 0.15) is 11.4 Å². The monoisotopic (exact) mass is 318 g/mol. The van der Waals surface area contributed by atoms with Crippen LogP contribution in [0.25, 0.3) is 0 Å². The van der Waals surface area contributed by atoms with Gasteiger partial charge in [-0.2, -0.15) is 5.10 Å². The average Bonchev–Trinajstić information content (AvgIpc) is 2.43. The first-order valence-corrected chi connectivity index (χ1v) is 6.22. The second-order valence-electron chi connectivity index (χ2n) is 3.65. The third-order valence-corrected chi connectivity index (χ3v) is 2.77. The molecule has 0 saturated carbocycles. The normalized spacial score (nSPS) is 11.9. The lowest BCUT2D eigenvalue weighted by atomic mass is 10.2. The molecule has 3 N–H and O–H groups in total. The molecule has 2 rings (SSSR count). The zero-order chi connectivity index (χ0) is 13.7. The van der Waals surface area contributed by atoms with Gasteiger partial charge in [-0.3, -0.25) is 4.98 Å². The van der Waals surface area contributed by atoms with Crippen molar-refractivity contribution < 1.29 is 5.11 Å². The lowest BCUT2D eigenvalue weighted by molar-refractivity contribution is 0.474. The van der Waals surface area contributed by atoms with E-state index in [0.29, 0.717) is 11.3 Å². The number of pyridine rings is 1. The molecule has 19 heavy (non-hydrogen) atoms. The summed E-state index contributed by atoms with van der Waals surface area (Å²) in [6, 6.07) is 10.4. The Hall–Kier alpha value is -2.21. The first-order valence-electron chi connectivity index (χ1n) is 5.43. The maximum absolute atomic E-state index is 9.61. The van der Waals surface area contributed by atoms with Crippen LogP contribution < -0.4 is 5.73 Å². The molecular formula is C13H11BrN4O. The van der Waals surface area contributed by atoms with Gasteiger partial charge in [0.25, 0.3) is 0 Å². The number of hydrogen-bond acceptors (Lipinski definition) is 4. The standard InChI is InChI=1S/C13H11BrN4O/c14-10-4-5-12(19)9(7-10)8-17-18-13(15)11-3-1-2-6-16-11/h1-8,19H,(H2,15,18). The second-order valence-corrected chi connectivity index (χ2v) is 4.56. The van der Waals surface area contributed by atoms with Crippen LogP contribution in [-0.2, 0) is 0 Å². The first kappa shape index (κ1) is 13.2. The maximum atomic E-state index is 9.61. The van der Waals surface area contributed by atoms with Gasteiger partial charge in [0.05, 0.1) is 6.21 Å². The largest absolute Gasteiger partial charge is 0.507 e. The van der Waals surface area contributed by atoms with E-state index in [-0.39, 0.29) is 11.6 Å². The summed E-state index contributed by atoms with van der Waals surface area (Å²) in [5.41, 5.74) is 6.83. The Morgan fingerprint density at radius 3 is 2.89 bits per heavy atom. The fourth-order valence-corrected chi connectivity index (χ4v) is 1.73. The lowest BCUT2D eigenvalue weighted by Gasteiger charge is -1.98. The molecule has 0 fully saturated rings. The Morgan fingerprint density at radius 1 is 1.32 bits per heavy atom. The summed E-state index contributed by atoms with van der Waals surface area (Å²) in [4.78, 5) is 4.05.